The second kappa shape index (κ2) is 5.92. The Morgan fingerprint density at radius 1 is 1.16 bits per heavy atom. The van der Waals surface area contributed by atoms with Crippen LogP contribution in [0, 0.1) is 34.5 Å². The van der Waals surface area contributed by atoms with Crippen molar-refractivity contribution in [3.8, 4) is 0 Å². The van der Waals surface area contributed by atoms with Gasteiger partial charge in [-0.3, -0.25) is 4.79 Å². The van der Waals surface area contributed by atoms with Crippen LogP contribution in [-0.2, 0) is 4.79 Å². The minimum atomic E-state index is -0.137. The predicted molar refractivity (Wildman–Crippen MR) is 100 cm³/mol. The van der Waals surface area contributed by atoms with Crippen LogP contribution in [-0.4, -0.2) is 42.5 Å². The van der Waals surface area contributed by atoms with Gasteiger partial charge in [-0.1, -0.05) is 25.5 Å². The van der Waals surface area contributed by atoms with Crippen LogP contribution in [0.15, 0.2) is 11.6 Å². The molecule has 0 aromatic carbocycles. The quantitative estimate of drug-likeness (QED) is 0.776. The van der Waals surface area contributed by atoms with Crippen LogP contribution in [0.2, 0.25) is 0 Å². The summed E-state index contributed by atoms with van der Waals surface area (Å²) < 4.78 is 0. The summed E-state index contributed by atoms with van der Waals surface area (Å²) >= 11 is 0. The Morgan fingerprint density at radius 3 is 2.60 bits per heavy atom. The summed E-state index contributed by atoms with van der Waals surface area (Å²) in [7, 11) is 4.18. The van der Waals surface area contributed by atoms with Gasteiger partial charge in [0.25, 0.3) is 0 Å². The molecule has 4 unspecified atom stereocenters. The van der Waals surface area contributed by atoms with E-state index in [1.54, 1.807) is 0 Å². The highest BCUT2D eigenvalue weighted by Crippen LogP contribution is 2.64. The monoisotopic (exact) mass is 345 g/mol. The van der Waals surface area contributed by atoms with Crippen molar-refractivity contribution in [3.05, 3.63) is 11.6 Å². The number of carbonyl (C=O) groups is 1. The summed E-state index contributed by atoms with van der Waals surface area (Å²) in [6, 6.07) is 0. The summed E-state index contributed by atoms with van der Waals surface area (Å²) in [6.07, 6.45) is 9.77. The summed E-state index contributed by atoms with van der Waals surface area (Å²) in [5, 5.41) is 10.1. The molecule has 0 radical (unpaired) electrons. The van der Waals surface area contributed by atoms with Crippen LogP contribution in [0.4, 0.5) is 0 Å². The molecule has 0 saturated heterocycles. The van der Waals surface area contributed by atoms with Gasteiger partial charge in [0.1, 0.15) is 5.78 Å². The van der Waals surface area contributed by atoms with E-state index in [1.807, 2.05) is 0 Å². The van der Waals surface area contributed by atoms with Crippen LogP contribution in [0.25, 0.3) is 0 Å². The van der Waals surface area contributed by atoms with Gasteiger partial charge in [0.15, 0.2) is 0 Å². The number of fused-ring (bicyclic) bond motifs is 5. The van der Waals surface area contributed by atoms with Gasteiger partial charge in [0.05, 0.1) is 6.10 Å². The molecule has 0 heterocycles. The lowest BCUT2D eigenvalue weighted by Gasteiger charge is -2.56. The first-order valence-corrected chi connectivity index (χ1v) is 10.3. The van der Waals surface area contributed by atoms with Crippen LogP contribution in [0.3, 0.4) is 0 Å². The molecule has 4 rings (SSSR count). The topological polar surface area (TPSA) is 40.5 Å². The van der Waals surface area contributed by atoms with Crippen molar-refractivity contribution >= 4 is 5.78 Å². The van der Waals surface area contributed by atoms with Gasteiger partial charge in [0, 0.05) is 17.9 Å². The van der Waals surface area contributed by atoms with Gasteiger partial charge < -0.3 is 10.0 Å². The third-order valence-corrected chi connectivity index (χ3v) is 8.53. The van der Waals surface area contributed by atoms with E-state index in [0.29, 0.717) is 23.5 Å². The lowest BCUT2D eigenvalue weighted by atomic mass is 9.48. The summed E-state index contributed by atoms with van der Waals surface area (Å²) in [5.41, 5.74) is 1.70. The van der Waals surface area contributed by atoms with E-state index in [0.717, 1.165) is 45.1 Å². The predicted octanol–water partition coefficient (Wildman–Crippen LogP) is 3.67. The maximum Gasteiger partial charge on any atom is 0.143 e. The molecule has 3 saturated carbocycles. The standard InChI is InChI=1S/C22H35NO2/c1-21-9-7-16(24)12-15(21)5-6-17-18(21)8-10-22(2)19(17)11-14(20(22)25)13-23(3)4/h5,14,16-19,24H,6-13H2,1-4H3/t14?,16-,17?,18?,19?,21-,22-/m0/s1. The zero-order valence-corrected chi connectivity index (χ0v) is 16.4. The molecule has 0 aromatic rings. The Morgan fingerprint density at radius 2 is 1.88 bits per heavy atom. The first-order chi connectivity index (χ1) is 11.8. The van der Waals surface area contributed by atoms with Crippen molar-refractivity contribution < 1.29 is 9.90 Å². The van der Waals surface area contributed by atoms with E-state index < -0.39 is 0 Å². The molecular weight excluding hydrogens is 310 g/mol. The number of aliphatic hydroxyl groups excluding tert-OH is 1. The minimum Gasteiger partial charge on any atom is -0.393 e. The maximum atomic E-state index is 13.2. The lowest BCUT2D eigenvalue weighted by molar-refractivity contribution is -0.134. The fourth-order valence-electron chi connectivity index (χ4n) is 7.18. The van der Waals surface area contributed by atoms with E-state index in [2.05, 4.69) is 38.9 Å². The number of Topliss-reactive ketones (excluding diaryl/α,β-unsaturated/α-hetero) is 1. The molecule has 0 aliphatic heterocycles. The first kappa shape index (κ1) is 17.7. The van der Waals surface area contributed by atoms with Gasteiger partial charge in [-0.25, -0.2) is 0 Å². The summed E-state index contributed by atoms with van der Waals surface area (Å²) in [4.78, 5) is 15.4. The highest BCUT2D eigenvalue weighted by Gasteiger charge is 2.60. The number of hydrogen-bond acceptors (Lipinski definition) is 3. The molecule has 3 nitrogen and oxygen atoms in total. The van der Waals surface area contributed by atoms with Crippen molar-refractivity contribution in [2.24, 2.45) is 34.5 Å². The Labute approximate surface area is 152 Å². The molecule has 7 atom stereocenters. The highest BCUT2D eigenvalue weighted by atomic mass is 16.3. The van der Waals surface area contributed by atoms with E-state index in [9.17, 15) is 9.90 Å². The number of hydrogen-bond donors (Lipinski definition) is 1. The van der Waals surface area contributed by atoms with Crippen molar-refractivity contribution in [2.75, 3.05) is 20.6 Å². The van der Waals surface area contributed by atoms with Crippen LogP contribution < -0.4 is 0 Å². The van der Waals surface area contributed by atoms with Gasteiger partial charge in [-0.05, 0) is 82.2 Å². The second-order valence-electron chi connectivity index (χ2n) is 10.2. The zero-order chi connectivity index (χ0) is 18.0. The Kier molecular flexibility index (Phi) is 4.20. The molecule has 140 valence electrons. The number of allylic oxidation sites excluding steroid dienone is 1. The normalized spacial score (nSPS) is 49.4. The number of ketones is 1. The van der Waals surface area contributed by atoms with Crippen LogP contribution in [0.1, 0.15) is 58.8 Å². The molecular formula is C22H35NO2. The minimum absolute atomic E-state index is 0.0856. The average molecular weight is 346 g/mol. The molecule has 3 fully saturated rings. The van der Waals surface area contributed by atoms with E-state index in [-0.39, 0.29) is 22.9 Å². The van der Waals surface area contributed by atoms with E-state index in [4.69, 9.17) is 0 Å². The molecule has 25 heavy (non-hydrogen) atoms. The largest absolute Gasteiger partial charge is 0.393 e. The number of aliphatic hydroxyl groups is 1. The van der Waals surface area contributed by atoms with Gasteiger partial charge in [-0.15, -0.1) is 0 Å². The smallest absolute Gasteiger partial charge is 0.143 e. The summed E-state index contributed by atoms with van der Waals surface area (Å²) in [6.45, 7) is 5.64. The number of rotatable bonds is 2. The molecule has 4 aliphatic carbocycles. The molecule has 0 aromatic heterocycles. The fourth-order valence-corrected chi connectivity index (χ4v) is 7.18. The average Bonchev–Trinajstić information content (AvgIpc) is 2.79. The maximum absolute atomic E-state index is 13.2. The number of carbonyl (C=O) groups excluding carboxylic acids is 1. The SMILES string of the molecule is CN(C)CC1CC2C3CC=C4C[C@@H](O)CC[C@]4(C)C3CC[C@]2(C)C1=O. The van der Waals surface area contributed by atoms with Crippen molar-refractivity contribution in [1.82, 2.24) is 4.90 Å². The summed E-state index contributed by atoms with van der Waals surface area (Å²) in [5.74, 6) is 2.71. The van der Waals surface area contributed by atoms with Gasteiger partial charge in [0.2, 0.25) is 0 Å². The zero-order valence-electron chi connectivity index (χ0n) is 16.4. The molecule has 1 N–H and O–H groups in total. The van der Waals surface area contributed by atoms with Crippen molar-refractivity contribution in [1.29, 1.82) is 0 Å². The third-order valence-electron chi connectivity index (χ3n) is 8.53. The molecule has 0 spiro atoms. The Bertz CT molecular complexity index is 597. The Hall–Kier alpha value is -0.670. The Balaban J connectivity index is 1.63. The van der Waals surface area contributed by atoms with Gasteiger partial charge >= 0.3 is 0 Å². The highest BCUT2D eigenvalue weighted by molar-refractivity contribution is 5.89. The van der Waals surface area contributed by atoms with Gasteiger partial charge in [-0.2, -0.15) is 0 Å². The van der Waals surface area contributed by atoms with Crippen LogP contribution >= 0.6 is 0 Å². The number of nitrogens with zero attached hydrogens (tertiary/aromatic N) is 1. The van der Waals surface area contributed by atoms with Crippen molar-refractivity contribution in [2.45, 2.75) is 64.9 Å². The van der Waals surface area contributed by atoms with Crippen LogP contribution in [0.5, 0.6) is 0 Å². The van der Waals surface area contributed by atoms with E-state index in [1.165, 1.54) is 12.0 Å². The lowest BCUT2D eigenvalue weighted by Crippen LogP contribution is -2.50. The third kappa shape index (κ3) is 2.56. The second-order valence-corrected chi connectivity index (χ2v) is 10.2. The molecule has 3 heteroatoms. The van der Waals surface area contributed by atoms with Crippen molar-refractivity contribution in [3.63, 3.8) is 0 Å². The molecule has 4 aliphatic rings. The first-order valence-electron chi connectivity index (χ1n) is 10.3. The molecule has 0 amide bonds. The fraction of sp³-hybridized carbons (Fsp3) is 0.864. The molecule has 0 bridgehead atoms. The van der Waals surface area contributed by atoms with E-state index >= 15 is 0 Å².